The molecule has 4 nitrogen and oxygen atoms in total. The number of thioether (sulfide) groups is 1. The molecule has 0 N–H and O–H groups in total. The Bertz CT molecular complexity index is 292. The first-order valence-corrected chi connectivity index (χ1v) is 5.51. The van der Waals surface area contributed by atoms with Gasteiger partial charge < -0.3 is 4.74 Å². The van der Waals surface area contributed by atoms with Crippen molar-refractivity contribution >= 4 is 41.1 Å². The van der Waals surface area contributed by atoms with Crippen molar-refractivity contribution in [3.8, 4) is 0 Å². The number of methoxy groups -OCH3 is 1. The number of rotatable bonds is 4. The predicted molar refractivity (Wildman–Crippen MR) is 52.3 cm³/mol. The minimum atomic E-state index is -0.230. The van der Waals surface area contributed by atoms with Gasteiger partial charge in [-0.25, -0.2) is 0 Å². The van der Waals surface area contributed by atoms with Crippen molar-refractivity contribution in [1.82, 2.24) is 8.75 Å². The van der Waals surface area contributed by atoms with Gasteiger partial charge in [0.1, 0.15) is 5.03 Å². The van der Waals surface area contributed by atoms with E-state index >= 15 is 0 Å². The van der Waals surface area contributed by atoms with Gasteiger partial charge in [0.2, 0.25) is 0 Å². The SMILES string of the molecule is COC(=O)CCSc1nsnc1Cl. The molecule has 0 spiro atoms. The van der Waals surface area contributed by atoms with Crippen molar-refractivity contribution in [2.45, 2.75) is 11.4 Å². The Hall–Kier alpha value is -0.330. The fraction of sp³-hybridized carbons (Fsp3) is 0.500. The minimum Gasteiger partial charge on any atom is -0.469 e. The second-order valence-corrected chi connectivity index (χ2v) is 4.00. The molecule has 1 aromatic heterocycles. The Labute approximate surface area is 89.0 Å². The molecule has 1 heterocycles. The summed E-state index contributed by atoms with van der Waals surface area (Å²) in [5, 5.41) is 1.08. The van der Waals surface area contributed by atoms with Crippen LogP contribution in [0.3, 0.4) is 0 Å². The summed E-state index contributed by atoms with van der Waals surface area (Å²) in [6, 6.07) is 0. The number of esters is 1. The van der Waals surface area contributed by atoms with Crippen LogP contribution in [0.5, 0.6) is 0 Å². The van der Waals surface area contributed by atoms with Gasteiger partial charge in [0.25, 0.3) is 0 Å². The molecule has 0 aliphatic rings. The fourth-order valence-electron chi connectivity index (χ4n) is 0.589. The van der Waals surface area contributed by atoms with Crippen LogP contribution in [0.1, 0.15) is 6.42 Å². The van der Waals surface area contributed by atoms with Gasteiger partial charge in [0.15, 0.2) is 5.15 Å². The van der Waals surface area contributed by atoms with Gasteiger partial charge in [-0.1, -0.05) is 11.6 Å². The lowest BCUT2D eigenvalue weighted by atomic mass is 10.5. The standard InChI is InChI=1S/C6H7ClN2O2S2/c1-11-4(10)2-3-12-6-5(7)8-13-9-6/h2-3H2,1H3. The number of hydrogen-bond acceptors (Lipinski definition) is 6. The van der Waals surface area contributed by atoms with Gasteiger partial charge >= 0.3 is 5.97 Å². The molecule has 0 aliphatic heterocycles. The zero-order chi connectivity index (χ0) is 9.68. The van der Waals surface area contributed by atoms with E-state index in [9.17, 15) is 4.79 Å². The number of ether oxygens (including phenoxy) is 1. The molecule has 13 heavy (non-hydrogen) atoms. The number of hydrogen-bond donors (Lipinski definition) is 0. The summed E-state index contributed by atoms with van der Waals surface area (Å²) < 4.78 is 12.2. The third-order valence-electron chi connectivity index (χ3n) is 1.19. The van der Waals surface area contributed by atoms with E-state index in [0.29, 0.717) is 22.4 Å². The minimum absolute atomic E-state index is 0.230. The maximum atomic E-state index is 10.7. The molecule has 0 amide bonds. The maximum Gasteiger partial charge on any atom is 0.306 e. The molecule has 0 bridgehead atoms. The van der Waals surface area contributed by atoms with Crippen LogP contribution in [-0.4, -0.2) is 27.6 Å². The van der Waals surface area contributed by atoms with E-state index in [1.807, 2.05) is 0 Å². The molecule has 7 heteroatoms. The molecule has 0 aromatic carbocycles. The summed E-state index contributed by atoms with van der Waals surface area (Å²) in [6.45, 7) is 0. The molecule has 1 rings (SSSR count). The van der Waals surface area contributed by atoms with Crippen LogP contribution >= 0.6 is 35.1 Å². The number of carbonyl (C=O) groups is 1. The topological polar surface area (TPSA) is 52.1 Å². The number of aromatic nitrogens is 2. The third kappa shape index (κ3) is 3.50. The Balaban J connectivity index is 2.28. The molecule has 1 aromatic rings. The normalized spacial score (nSPS) is 10.0. The lowest BCUT2D eigenvalue weighted by molar-refractivity contribution is -0.140. The second-order valence-electron chi connectivity index (χ2n) is 2.03. The van der Waals surface area contributed by atoms with E-state index in [0.717, 1.165) is 11.7 Å². The lowest BCUT2D eigenvalue weighted by Crippen LogP contribution is -2.00. The van der Waals surface area contributed by atoms with Gasteiger partial charge in [-0.2, -0.15) is 8.75 Å². The highest BCUT2D eigenvalue weighted by molar-refractivity contribution is 7.99. The summed E-state index contributed by atoms with van der Waals surface area (Å²) in [6.07, 6.45) is 0.356. The monoisotopic (exact) mass is 238 g/mol. The highest BCUT2D eigenvalue weighted by Crippen LogP contribution is 2.24. The predicted octanol–water partition coefficient (Wildman–Crippen LogP) is 1.85. The summed E-state index contributed by atoms with van der Waals surface area (Å²) in [5.74, 6) is 0.379. The van der Waals surface area contributed by atoms with E-state index in [2.05, 4.69) is 13.5 Å². The van der Waals surface area contributed by atoms with Crippen LogP contribution < -0.4 is 0 Å². The Morgan fingerprint density at radius 3 is 3.00 bits per heavy atom. The first-order valence-electron chi connectivity index (χ1n) is 3.41. The number of halogens is 1. The number of carbonyl (C=O) groups excluding carboxylic acids is 1. The summed E-state index contributed by atoms with van der Waals surface area (Å²) in [5.41, 5.74) is 0. The zero-order valence-corrected chi connectivity index (χ0v) is 9.21. The van der Waals surface area contributed by atoms with Crippen LogP contribution in [-0.2, 0) is 9.53 Å². The highest BCUT2D eigenvalue weighted by Gasteiger charge is 2.07. The van der Waals surface area contributed by atoms with Crippen LogP contribution in [0.15, 0.2) is 5.03 Å². The average molecular weight is 239 g/mol. The second kappa shape index (κ2) is 5.41. The molecular formula is C6H7ClN2O2S2. The molecule has 0 radical (unpaired) electrons. The number of nitrogens with zero attached hydrogens (tertiary/aromatic N) is 2. The third-order valence-corrected chi connectivity index (χ3v) is 3.28. The largest absolute Gasteiger partial charge is 0.469 e. The molecular weight excluding hydrogens is 232 g/mol. The van der Waals surface area contributed by atoms with Crippen LogP contribution in [0.4, 0.5) is 0 Å². The van der Waals surface area contributed by atoms with Crippen molar-refractivity contribution in [3.63, 3.8) is 0 Å². The van der Waals surface area contributed by atoms with E-state index < -0.39 is 0 Å². The van der Waals surface area contributed by atoms with E-state index in [-0.39, 0.29) is 5.97 Å². The summed E-state index contributed by atoms with van der Waals surface area (Å²) in [4.78, 5) is 10.7. The fourth-order valence-corrected chi connectivity index (χ4v) is 2.29. The van der Waals surface area contributed by atoms with Gasteiger partial charge in [0.05, 0.1) is 25.3 Å². The van der Waals surface area contributed by atoms with Crippen molar-refractivity contribution in [2.24, 2.45) is 0 Å². The van der Waals surface area contributed by atoms with Crippen LogP contribution in [0.25, 0.3) is 0 Å². The van der Waals surface area contributed by atoms with Gasteiger partial charge in [-0.3, -0.25) is 4.79 Å². The van der Waals surface area contributed by atoms with E-state index in [1.54, 1.807) is 0 Å². The molecule has 0 atom stereocenters. The summed E-state index contributed by atoms with van der Waals surface area (Å²) >= 11 is 8.15. The van der Waals surface area contributed by atoms with Crippen LogP contribution in [0, 0.1) is 0 Å². The smallest absolute Gasteiger partial charge is 0.306 e. The lowest BCUT2D eigenvalue weighted by Gasteiger charge is -1.96. The first-order chi connectivity index (χ1) is 6.24. The molecule has 0 aliphatic carbocycles. The molecule has 0 fully saturated rings. The van der Waals surface area contributed by atoms with Crippen LogP contribution in [0.2, 0.25) is 5.15 Å². The zero-order valence-electron chi connectivity index (χ0n) is 6.82. The molecule has 72 valence electrons. The Kier molecular flexibility index (Phi) is 4.47. The van der Waals surface area contributed by atoms with Crippen molar-refractivity contribution in [2.75, 3.05) is 12.9 Å². The van der Waals surface area contributed by atoms with Crippen molar-refractivity contribution < 1.29 is 9.53 Å². The van der Waals surface area contributed by atoms with Gasteiger partial charge in [-0.05, 0) is 0 Å². The van der Waals surface area contributed by atoms with Crippen molar-refractivity contribution in [1.29, 1.82) is 0 Å². The summed E-state index contributed by atoms with van der Waals surface area (Å²) in [7, 11) is 1.37. The average Bonchev–Trinajstić information content (AvgIpc) is 2.52. The maximum absolute atomic E-state index is 10.7. The first kappa shape index (κ1) is 10.7. The van der Waals surface area contributed by atoms with Gasteiger partial charge in [0, 0.05) is 5.75 Å². The molecule has 0 saturated carbocycles. The highest BCUT2D eigenvalue weighted by atomic mass is 35.5. The molecule has 0 unspecified atom stereocenters. The van der Waals surface area contributed by atoms with Gasteiger partial charge in [-0.15, -0.1) is 11.8 Å². The molecule has 0 saturated heterocycles. The Morgan fingerprint density at radius 2 is 2.46 bits per heavy atom. The van der Waals surface area contributed by atoms with E-state index in [1.165, 1.54) is 18.9 Å². The van der Waals surface area contributed by atoms with Crippen molar-refractivity contribution in [3.05, 3.63) is 5.15 Å². The Morgan fingerprint density at radius 1 is 1.69 bits per heavy atom. The van der Waals surface area contributed by atoms with E-state index in [4.69, 9.17) is 11.6 Å². The quantitative estimate of drug-likeness (QED) is 0.592.